The van der Waals surface area contributed by atoms with Crippen molar-refractivity contribution in [1.29, 1.82) is 0 Å². The molecule has 1 aliphatic rings. The van der Waals surface area contributed by atoms with Crippen LogP contribution in [0.25, 0.3) is 0 Å². The highest BCUT2D eigenvalue weighted by Gasteiger charge is 2.18. The van der Waals surface area contributed by atoms with Crippen molar-refractivity contribution in [3.8, 4) is 5.75 Å². The Morgan fingerprint density at radius 1 is 1.24 bits per heavy atom. The van der Waals surface area contributed by atoms with E-state index in [1.807, 2.05) is 12.1 Å². The monoisotopic (exact) mass is 292 g/mol. The van der Waals surface area contributed by atoms with Gasteiger partial charge >= 0.3 is 0 Å². The van der Waals surface area contributed by atoms with Crippen molar-refractivity contribution in [2.45, 2.75) is 32.2 Å². The molecule has 2 rings (SSSR count). The standard InChI is InChI=1S/C17H28N2O2/c1-3-9-19-10-7-15(8-11-19)18-16-5-4-6-17(14-16)21-13-12-20-2/h4-6,14-15,18H,3,7-13H2,1-2H3. The highest BCUT2D eigenvalue weighted by molar-refractivity contribution is 5.48. The summed E-state index contributed by atoms with van der Waals surface area (Å²) in [7, 11) is 1.69. The SMILES string of the molecule is CCCN1CCC(Nc2cccc(OCCOC)c2)CC1. The topological polar surface area (TPSA) is 33.7 Å². The molecule has 1 aromatic carbocycles. The molecule has 1 heterocycles. The first kappa shape index (κ1) is 16.1. The Labute approximate surface area is 128 Å². The van der Waals surface area contributed by atoms with E-state index in [1.54, 1.807) is 7.11 Å². The fraction of sp³-hybridized carbons (Fsp3) is 0.647. The van der Waals surface area contributed by atoms with E-state index in [9.17, 15) is 0 Å². The average Bonchev–Trinajstić information content (AvgIpc) is 2.50. The predicted molar refractivity (Wildman–Crippen MR) is 87.2 cm³/mol. The summed E-state index contributed by atoms with van der Waals surface area (Å²) < 4.78 is 10.7. The van der Waals surface area contributed by atoms with Crippen LogP contribution in [0, 0.1) is 0 Å². The van der Waals surface area contributed by atoms with Crippen LogP contribution in [-0.2, 0) is 4.74 Å². The Balaban J connectivity index is 1.79. The molecular formula is C17H28N2O2. The molecule has 1 aliphatic heterocycles. The smallest absolute Gasteiger partial charge is 0.121 e. The zero-order chi connectivity index (χ0) is 14.9. The number of rotatable bonds is 8. The van der Waals surface area contributed by atoms with Crippen LogP contribution in [-0.4, -0.2) is 50.9 Å². The number of likely N-dealkylation sites (tertiary alicyclic amines) is 1. The minimum absolute atomic E-state index is 0.576. The first-order valence-corrected chi connectivity index (χ1v) is 8.02. The third-order valence-electron chi connectivity index (χ3n) is 3.89. The molecule has 0 radical (unpaired) electrons. The number of hydrogen-bond acceptors (Lipinski definition) is 4. The third-order valence-corrected chi connectivity index (χ3v) is 3.89. The van der Waals surface area contributed by atoms with Crippen molar-refractivity contribution in [3.63, 3.8) is 0 Å². The fourth-order valence-electron chi connectivity index (χ4n) is 2.77. The third kappa shape index (κ3) is 5.56. The zero-order valence-corrected chi connectivity index (χ0v) is 13.3. The van der Waals surface area contributed by atoms with Crippen molar-refractivity contribution >= 4 is 5.69 Å². The number of nitrogens with zero attached hydrogens (tertiary/aromatic N) is 1. The van der Waals surface area contributed by atoms with Crippen LogP contribution < -0.4 is 10.1 Å². The van der Waals surface area contributed by atoms with Crippen molar-refractivity contribution in [2.24, 2.45) is 0 Å². The second-order valence-electron chi connectivity index (χ2n) is 5.63. The summed E-state index contributed by atoms with van der Waals surface area (Å²) >= 11 is 0. The molecule has 0 atom stereocenters. The summed E-state index contributed by atoms with van der Waals surface area (Å²) in [6.45, 7) is 7.10. The number of nitrogens with one attached hydrogen (secondary N) is 1. The van der Waals surface area contributed by atoms with Crippen molar-refractivity contribution in [3.05, 3.63) is 24.3 Å². The fourth-order valence-corrected chi connectivity index (χ4v) is 2.77. The first-order chi connectivity index (χ1) is 10.3. The summed E-state index contributed by atoms with van der Waals surface area (Å²) in [5, 5.41) is 3.64. The number of hydrogen-bond donors (Lipinski definition) is 1. The molecule has 0 amide bonds. The van der Waals surface area contributed by atoms with E-state index in [0.717, 1.165) is 11.4 Å². The van der Waals surface area contributed by atoms with E-state index in [4.69, 9.17) is 9.47 Å². The van der Waals surface area contributed by atoms with E-state index < -0.39 is 0 Å². The highest BCUT2D eigenvalue weighted by atomic mass is 16.5. The quantitative estimate of drug-likeness (QED) is 0.747. The highest BCUT2D eigenvalue weighted by Crippen LogP contribution is 2.21. The molecule has 118 valence electrons. The second kappa shape index (κ2) is 8.90. The lowest BCUT2D eigenvalue weighted by molar-refractivity contribution is 0.146. The zero-order valence-electron chi connectivity index (χ0n) is 13.3. The van der Waals surface area contributed by atoms with E-state index in [0.29, 0.717) is 19.3 Å². The normalized spacial score (nSPS) is 16.9. The molecular weight excluding hydrogens is 264 g/mol. The van der Waals surface area contributed by atoms with Crippen LogP contribution in [0.1, 0.15) is 26.2 Å². The van der Waals surface area contributed by atoms with Gasteiger partial charge in [0, 0.05) is 38.0 Å². The molecule has 0 aromatic heterocycles. The summed E-state index contributed by atoms with van der Waals surface area (Å²) in [4.78, 5) is 2.56. The van der Waals surface area contributed by atoms with Crippen LogP contribution in [0.5, 0.6) is 5.75 Å². The van der Waals surface area contributed by atoms with Gasteiger partial charge in [-0.05, 0) is 37.9 Å². The average molecular weight is 292 g/mol. The van der Waals surface area contributed by atoms with Gasteiger partial charge in [-0.2, -0.15) is 0 Å². The minimum atomic E-state index is 0.576. The van der Waals surface area contributed by atoms with Gasteiger partial charge in [0.2, 0.25) is 0 Å². The van der Waals surface area contributed by atoms with Gasteiger partial charge in [-0.3, -0.25) is 0 Å². The molecule has 21 heavy (non-hydrogen) atoms. The number of benzene rings is 1. The Morgan fingerprint density at radius 2 is 2.05 bits per heavy atom. The number of ether oxygens (including phenoxy) is 2. The van der Waals surface area contributed by atoms with Gasteiger partial charge in [0.05, 0.1) is 6.61 Å². The molecule has 1 N–H and O–H groups in total. The van der Waals surface area contributed by atoms with Gasteiger partial charge in [0.15, 0.2) is 0 Å². The predicted octanol–water partition coefficient (Wildman–Crippen LogP) is 3.00. The maximum Gasteiger partial charge on any atom is 0.121 e. The first-order valence-electron chi connectivity index (χ1n) is 8.02. The Bertz CT molecular complexity index is 404. The molecule has 0 aliphatic carbocycles. The lowest BCUT2D eigenvalue weighted by Gasteiger charge is -2.32. The molecule has 1 aromatic rings. The van der Waals surface area contributed by atoms with Gasteiger partial charge in [-0.1, -0.05) is 13.0 Å². The van der Waals surface area contributed by atoms with E-state index in [-0.39, 0.29) is 0 Å². The van der Waals surface area contributed by atoms with Crippen molar-refractivity contribution < 1.29 is 9.47 Å². The maximum absolute atomic E-state index is 5.65. The van der Waals surface area contributed by atoms with Crippen molar-refractivity contribution in [1.82, 2.24) is 4.90 Å². The number of anilines is 1. The molecule has 4 nitrogen and oxygen atoms in total. The van der Waals surface area contributed by atoms with Crippen LogP contribution >= 0.6 is 0 Å². The van der Waals surface area contributed by atoms with Gasteiger partial charge in [0.25, 0.3) is 0 Å². The Morgan fingerprint density at radius 3 is 2.76 bits per heavy atom. The molecule has 0 unspecified atom stereocenters. The van der Waals surface area contributed by atoms with Crippen LogP contribution in [0.3, 0.4) is 0 Å². The molecule has 1 fully saturated rings. The molecule has 0 saturated carbocycles. The molecule has 0 spiro atoms. The van der Waals surface area contributed by atoms with Crippen LogP contribution in [0.2, 0.25) is 0 Å². The largest absolute Gasteiger partial charge is 0.491 e. The molecule has 1 saturated heterocycles. The lowest BCUT2D eigenvalue weighted by atomic mass is 10.0. The van der Waals surface area contributed by atoms with E-state index in [1.165, 1.54) is 38.9 Å². The van der Waals surface area contributed by atoms with E-state index >= 15 is 0 Å². The van der Waals surface area contributed by atoms with Gasteiger partial charge < -0.3 is 19.7 Å². The summed E-state index contributed by atoms with van der Waals surface area (Å²) in [5.74, 6) is 0.903. The maximum atomic E-state index is 5.65. The Kier molecular flexibility index (Phi) is 6.83. The number of methoxy groups -OCH3 is 1. The van der Waals surface area contributed by atoms with Gasteiger partial charge in [-0.25, -0.2) is 0 Å². The van der Waals surface area contributed by atoms with Crippen molar-refractivity contribution in [2.75, 3.05) is 45.3 Å². The molecule has 0 bridgehead atoms. The van der Waals surface area contributed by atoms with Crippen LogP contribution in [0.15, 0.2) is 24.3 Å². The number of piperidine rings is 1. The van der Waals surface area contributed by atoms with E-state index in [2.05, 4.69) is 29.3 Å². The lowest BCUT2D eigenvalue weighted by Crippen LogP contribution is -2.39. The Hall–Kier alpha value is -1.26. The summed E-state index contributed by atoms with van der Waals surface area (Å²) in [6.07, 6.45) is 3.68. The van der Waals surface area contributed by atoms with Gasteiger partial charge in [0.1, 0.15) is 12.4 Å². The van der Waals surface area contributed by atoms with Crippen LogP contribution in [0.4, 0.5) is 5.69 Å². The minimum Gasteiger partial charge on any atom is -0.491 e. The van der Waals surface area contributed by atoms with Gasteiger partial charge in [-0.15, -0.1) is 0 Å². The molecule has 4 heteroatoms. The summed E-state index contributed by atoms with van der Waals surface area (Å²) in [5.41, 5.74) is 1.15. The summed E-state index contributed by atoms with van der Waals surface area (Å²) in [6, 6.07) is 8.80. The second-order valence-corrected chi connectivity index (χ2v) is 5.63.